The van der Waals surface area contributed by atoms with Gasteiger partial charge in [-0.3, -0.25) is 9.89 Å². The summed E-state index contributed by atoms with van der Waals surface area (Å²) in [4.78, 5) is 19.4. The van der Waals surface area contributed by atoms with Crippen LogP contribution in [0.1, 0.15) is 64.7 Å². The third-order valence-electron chi connectivity index (χ3n) is 4.87. The number of H-pyrrole nitrogens is 1. The number of methoxy groups -OCH3 is 1. The highest BCUT2D eigenvalue weighted by Gasteiger charge is 2.40. The van der Waals surface area contributed by atoms with Crippen molar-refractivity contribution in [3.8, 4) is 0 Å². The number of nitrogens with zero attached hydrogens (tertiary/aromatic N) is 3. The summed E-state index contributed by atoms with van der Waals surface area (Å²) in [5, 5.41) is 7.35. The summed E-state index contributed by atoms with van der Waals surface area (Å²) < 4.78 is 11.1. The van der Waals surface area contributed by atoms with Crippen LogP contribution >= 0.6 is 0 Å². The van der Waals surface area contributed by atoms with E-state index in [-0.39, 0.29) is 18.1 Å². The van der Waals surface area contributed by atoms with Crippen molar-refractivity contribution in [1.29, 1.82) is 0 Å². The van der Waals surface area contributed by atoms with Gasteiger partial charge in [0.25, 0.3) is 5.91 Å². The molecule has 0 aromatic carbocycles. The number of likely N-dealkylation sites (tertiary alicyclic amines) is 1. The molecule has 4 rings (SSSR count). The van der Waals surface area contributed by atoms with Gasteiger partial charge in [-0.05, 0) is 32.8 Å². The van der Waals surface area contributed by atoms with Crippen molar-refractivity contribution in [1.82, 2.24) is 20.1 Å². The third kappa shape index (κ3) is 2.62. The van der Waals surface area contributed by atoms with Crippen molar-refractivity contribution in [2.45, 2.75) is 51.2 Å². The Morgan fingerprint density at radius 1 is 1.42 bits per heavy atom. The first-order valence-electron chi connectivity index (χ1n) is 8.39. The van der Waals surface area contributed by atoms with E-state index in [0.717, 1.165) is 35.8 Å². The summed E-state index contributed by atoms with van der Waals surface area (Å²) in [5.41, 5.74) is 0.855. The van der Waals surface area contributed by atoms with Crippen LogP contribution in [0.5, 0.6) is 0 Å². The number of rotatable bonds is 4. The van der Waals surface area contributed by atoms with Gasteiger partial charge in [0.15, 0.2) is 11.6 Å². The van der Waals surface area contributed by atoms with Crippen LogP contribution in [0.4, 0.5) is 0 Å². The van der Waals surface area contributed by atoms with Crippen molar-refractivity contribution in [3.05, 3.63) is 34.8 Å². The summed E-state index contributed by atoms with van der Waals surface area (Å²) in [5.74, 6) is 3.11. The minimum absolute atomic E-state index is 0.00945. The highest BCUT2D eigenvalue weighted by Crippen LogP contribution is 2.39. The molecule has 2 atom stereocenters. The van der Waals surface area contributed by atoms with E-state index < -0.39 is 0 Å². The van der Waals surface area contributed by atoms with Crippen LogP contribution in [0.25, 0.3) is 0 Å². The predicted molar refractivity (Wildman–Crippen MR) is 85.7 cm³/mol. The van der Waals surface area contributed by atoms with E-state index in [0.29, 0.717) is 24.6 Å². The smallest absolute Gasteiger partial charge is 0.290 e. The molecule has 2 aromatic heterocycles. The van der Waals surface area contributed by atoms with E-state index in [4.69, 9.17) is 9.15 Å². The molecule has 1 aliphatic heterocycles. The zero-order valence-corrected chi connectivity index (χ0v) is 14.2. The second-order valence-corrected chi connectivity index (χ2v) is 6.79. The van der Waals surface area contributed by atoms with Crippen molar-refractivity contribution in [2.24, 2.45) is 0 Å². The second kappa shape index (κ2) is 5.73. The van der Waals surface area contributed by atoms with E-state index in [9.17, 15) is 4.79 Å². The molecule has 1 saturated heterocycles. The maximum Gasteiger partial charge on any atom is 0.290 e. The number of carbonyl (C=O) groups excluding carboxylic acids is 1. The van der Waals surface area contributed by atoms with Crippen molar-refractivity contribution < 1.29 is 13.9 Å². The Morgan fingerprint density at radius 2 is 2.21 bits per heavy atom. The van der Waals surface area contributed by atoms with E-state index in [1.54, 1.807) is 12.0 Å². The first-order chi connectivity index (χ1) is 11.6. The summed E-state index contributed by atoms with van der Waals surface area (Å²) >= 11 is 0. The van der Waals surface area contributed by atoms with Gasteiger partial charge in [-0.2, -0.15) is 5.10 Å². The van der Waals surface area contributed by atoms with E-state index in [1.807, 2.05) is 19.9 Å². The van der Waals surface area contributed by atoms with Crippen molar-refractivity contribution in [2.75, 3.05) is 13.7 Å². The molecule has 1 aliphatic carbocycles. The normalized spacial score (nSPS) is 23.9. The average molecular weight is 330 g/mol. The molecule has 0 bridgehead atoms. The summed E-state index contributed by atoms with van der Waals surface area (Å²) in [6, 6.07) is 1.72. The number of ether oxygens (including phenoxy) is 1. The standard InChI is InChI=1S/C17H22N4O3/c1-9-6-10(2)24-14(9)17(22)21-8-12(23-3)7-13(21)16-18-15(19-20-16)11-4-5-11/h6,11-13H,4-5,7-8H2,1-3H3,(H,18,19,20)/t12-,13+/m1/s1. The van der Waals surface area contributed by atoms with Crippen LogP contribution in [0.15, 0.2) is 10.5 Å². The molecule has 1 amide bonds. The lowest BCUT2D eigenvalue weighted by atomic mass is 10.1. The molecule has 1 N–H and O–H groups in total. The number of nitrogens with one attached hydrogen (secondary N) is 1. The molecule has 128 valence electrons. The van der Waals surface area contributed by atoms with Gasteiger partial charge in [0, 0.05) is 31.6 Å². The molecule has 3 heterocycles. The number of carbonyl (C=O) groups is 1. The maximum absolute atomic E-state index is 13.0. The van der Waals surface area contributed by atoms with Gasteiger partial charge >= 0.3 is 0 Å². The second-order valence-electron chi connectivity index (χ2n) is 6.79. The molecule has 1 saturated carbocycles. The van der Waals surface area contributed by atoms with E-state index in [1.165, 1.54) is 0 Å². The minimum Gasteiger partial charge on any atom is -0.456 e. The average Bonchev–Trinajstić information content (AvgIpc) is 3.00. The highest BCUT2D eigenvalue weighted by molar-refractivity contribution is 5.93. The highest BCUT2D eigenvalue weighted by atomic mass is 16.5. The fourth-order valence-corrected chi connectivity index (χ4v) is 3.40. The Bertz CT molecular complexity index is 762. The molecule has 0 spiro atoms. The van der Waals surface area contributed by atoms with Gasteiger partial charge in [0.2, 0.25) is 0 Å². The van der Waals surface area contributed by atoms with Gasteiger partial charge in [-0.25, -0.2) is 4.98 Å². The molecular weight excluding hydrogens is 308 g/mol. The van der Waals surface area contributed by atoms with Crippen LogP contribution in [0.2, 0.25) is 0 Å². The molecule has 24 heavy (non-hydrogen) atoms. The maximum atomic E-state index is 13.0. The topological polar surface area (TPSA) is 84.3 Å². The Labute approximate surface area is 140 Å². The first-order valence-corrected chi connectivity index (χ1v) is 8.39. The third-order valence-corrected chi connectivity index (χ3v) is 4.87. The quantitative estimate of drug-likeness (QED) is 0.931. The van der Waals surface area contributed by atoms with Crippen molar-refractivity contribution in [3.63, 3.8) is 0 Å². The van der Waals surface area contributed by atoms with Crippen molar-refractivity contribution >= 4 is 5.91 Å². The number of hydrogen-bond donors (Lipinski definition) is 1. The number of aromatic nitrogens is 3. The number of aromatic amines is 1. The zero-order chi connectivity index (χ0) is 16.8. The molecule has 2 fully saturated rings. The summed E-state index contributed by atoms with van der Waals surface area (Å²) in [6.45, 7) is 4.27. The summed E-state index contributed by atoms with van der Waals surface area (Å²) in [7, 11) is 1.67. The first kappa shape index (κ1) is 15.4. The lowest BCUT2D eigenvalue weighted by Crippen LogP contribution is -2.32. The van der Waals surface area contributed by atoms with Gasteiger partial charge in [0.1, 0.15) is 11.6 Å². The van der Waals surface area contributed by atoms with Gasteiger partial charge in [-0.1, -0.05) is 0 Å². The predicted octanol–water partition coefficient (Wildman–Crippen LogP) is 2.49. The Balaban J connectivity index is 1.63. The molecular formula is C17H22N4O3. The molecule has 7 nitrogen and oxygen atoms in total. The van der Waals surface area contributed by atoms with Gasteiger partial charge in [-0.15, -0.1) is 0 Å². The van der Waals surface area contributed by atoms with E-state index >= 15 is 0 Å². The van der Waals surface area contributed by atoms with Crippen LogP contribution in [-0.2, 0) is 4.74 Å². The van der Waals surface area contributed by atoms with Crippen LogP contribution in [0, 0.1) is 13.8 Å². The molecule has 2 aromatic rings. The van der Waals surface area contributed by atoms with E-state index in [2.05, 4.69) is 15.2 Å². The SMILES string of the molecule is CO[C@@H]1C[C@@H](c2nc(C3CC3)n[nH]2)N(C(=O)c2oc(C)cc2C)C1. The van der Waals surface area contributed by atoms with Gasteiger partial charge in [0.05, 0.1) is 12.1 Å². The van der Waals surface area contributed by atoms with Crippen LogP contribution in [-0.4, -0.2) is 45.7 Å². The zero-order valence-electron chi connectivity index (χ0n) is 14.2. The molecule has 7 heteroatoms. The number of amides is 1. The Kier molecular flexibility index (Phi) is 3.68. The van der Waals surface area contributed by atoms with Crippen LogP contribution < -0.4 is 0 Å². The largest absolute Gasteiger partial charge is 0.456 e. The lowest BCUT2D eigenvalue weighted by molar-refractivity contribution is 0.0652. The lowest BCUT2D eigenvalue weighted by Gasteiger charge is -2.21. The number of aryl methyl sites for hydroxylation is 2. The fourth-order valence-electron chi connectivity index (χ4n) is 3.40. The van der Waals surface area contributed by atoms with Crippen LogP contribution in [0.3, 0.4) is 0 Å². The fraction of sp³-hybridized carbons (Fsp3) is 0.588. The number of hydrogen-bond acceptors (Lipinski definition) is 5. The monoisotopic (exact) mass is 330 g/mol. The minimum atomic E-state index is -0.160. The summed E-state index contributed by atoms with van der Waals surface area (Å²) in [6.07, 6.45) is 3.00. The van der Waals surface area contributed by atoms with Gasteiger partial charge < -0.3 is 14.1 Å². The Hall–Kier alpha value is -2.15. The molecule has 2 aliphatic rings. The Morgan fingerprint density at radius 3 is 2.83 bits per heavy atom. The molecule has 0 radical (unpaired) electrons. The molecule has 0 unspecified atom stereocenters. The number of furan rings is 1.